The van der Waals surface area contributed by atoms with Crippen LogP contribution in [0.1, 0.15) is 35.4 Å². The molecule has 1 aliphatic heterocycles. The van der Waals surface area contributed by atoms with Crippen molar-refractivity contribution in [3.63, 3.8) is 0 Å². The van der Waals surface area contributed by atoms with Crippen LogP contribution in [0.4, 0.5) is 14.7 Å². The van der Waals surface area contributed by atoms with Crippen LogP contribution in [0.3, 0.4) is 0 Å². The van der Waals surface area contributed by atoms with Crippen molar-refractivity contribution in [1.29, 1.82) is 0 Å². The van der Waals surface area contributed by atoms with Crippen LogP contribution in [-0.4, -0.2) is 50.1 Å². The second-order valence-electron chi connectivity index (χ2n) is 10.2. The highest BCUT2D eigenvalue weighted by Gasteiger charge is 2.62. The lowest BCUT2D eigenvalue weighted by Crippen LogP contribution is -2.38. The standard InChI is InChI=1S/C28H27F2N5O3/c1-16-9-24-33-17(2)22(10-18-5-3-4-6-23(18)38-26(29)30)35(24)15-21(16)19-12-31-27(32-13-19)34-8-7-28(25(36)37)11-20(28)14-34/h3-6,9,12-13,15,20,26H,7-8,10-11,14H2,1-2H3,(H,36,37). The number of aromatic nitrogens is 4. The summed E-state index contributed by atoms with van der Waals surface area (Å²) in [5, 5.41) is 9.52. The van der Waals surface area contributed by atoms with E-state index >= 15 is 0 Å². The zero-order valence-corrected chi connectivity index (χ0v) is 21.1. The van der Waals surface area contributed by atoms with E-state index in [1.807, 2.05) is 30.5 Å². The van der Waals surface area contributed by atoms with Gasteiger partial charge in [0, 0.05) is 60.5 Å². The maximum absolute atomic E-state index is 12.9. The molecule has 1 N–H and O–H groups in total. The van der Waals surface area contributed by atoms with Crippen molar-refractivity contribution in [2.45, 2.75) is 39.7 Å². The lowest BCUT2D eigenvalue weighted by molar-refractivity contribution is -0.144. The zero-order valence-electron chi connectivity index (χ0n) is 21.1. The monoisotopic (exact) mass is 519 g/mol. The molecule has 4 aromatic rings. The first kappa shape index (κ1) is 24.3. The topological polar surface area (TPSA) is 92.9 Å². The van der Waals surface area contributed by atoms with E-state index in [-0.39, 0.29) is 11.7 Å². The van der Waals surface area contributed by atoms with Crippen molar-refractivity contribution in [2.24, 2.45) is 11.3 Å². The van der Waals surface area contributed by atoms with Gasteiger partial charge >= 0.3 is 12.6 Å². The Morgan fingerprint density at radius 1 is 1.24 bits per heavy atom. The molecule has 0 amide bonds. The Bertz CT molecular complexity index is 1540. The van der Waals surface area contributed by atoms with Gasteiger partial charge in [0.1, 0.15) is 11.4 Å². The summed E-state index contributed by atoms with van der Waals surface area (Å²) >= 11 is 0. The molecule has 2 fully saturated rings. The van der Waals surface area contributed by atoms with Crippen molar-refractivity contribution in [1.82, 2.24) is 19.4 Å². The minimum Gasteiger partial charge on any atom is -0.481 e. The van der Waals surface area contributed by atoms with Gasteiger partial charge in [-0.25, -0.2) is 15.0 Å². The number of rotatable bonds is 7. The highest BCUT2D eigenvalue weighted by atomic mass is 19.3. The maximum Gasteiger partial charge on any atom is 0.387 e. The molecule has 6 rings (SSSR count). The van der Waals surface area contributed by atoms with E-state index in [9.17, 15) is 18.7 Å². The number of para-hydroxylation sites is 1. The van der Waals surface area contributed by atoms with Gasteiger partial charge < -0.3 is 19.1 Å². The van der Waals surface area contributed by atoms with Crippen LogP contribution >= 0.6 is 0 Å². The first-order chi connectivity index (χ1) is 18.2. The second-order valence-corrected chi connectivity index (χ2v) is 10.2. The average molecular weight is 520 g/mol. The Morgan fingerprint density at radius 3 is 2.71 bits per heavy atom. The van der Waals surface area contributed by atoms with Crippen LogP contribution in [0.15, 0.2) is 48.9 Å². The van der Waals surface area contributed by atoms with Gasteiger partial charge in [-0.15, -0.1) is 0 Å². The fourth-order valence-corrected chi connectivity index (χ4v) is 5.70. The molecule has 1 saturated carbocycles. The van der Waals surface area contributed by atoms with Gasteiger partial charge in [0.05, 0.1) is 11.1 Å². The normalized spacial score (nSPS) is 20.6. The first-order valence-corrected chi connectivity index (χ1v) is 12.6. The molecule has 1 aliphatic carbocycles. The Labute approximate surface area is 217 Å². The largest absolute Gasteiger partial charge is 0.481 e. The molecule has 0 spiro atoms. The molecule has 3 aromatic heterocycles. The molecule has 1 saturated heterocycles. The van der Waals surface area contributed by atoms with Gasteiger partial charge in [-0.05, 0) is 50.3 Å². The number of benzene rings is 1. The molecule has 2 atom stereocenters. The van der Waals surface area contributed by atoms with E-state index in [0.29, 0.717) is 37.4 Å². The molecular formula is C28H27F2N5O3. The summed E-state index contributed by atoms with van der Waals surface area (Å²) in [6.45, 7) is 2.29. The summed E-state index contributed by atoms with van der Waals surface area (Å²) in [4.78, 5) is 27.6. The van der Waals surface area contributed by atoms with Crippen molar-refractivity contribution in [2.75, 3.05) is 18.0 Å². The van der Waals surface area contributed by atoms with Gasteiger partial charge in [0.15, 0.2) is 0 Å². The van der Waals surface area contributed by atoms with Gasteiger partial charge in [-0.3, -0.25) is 4.79 Å². The number of hydrogen-bond donors (Lipinski definition) is 1. The Hall–Kier alpha value is -4.08. The lowest BCUT2D eigenvalue weighted by Gasteiger charge is -2.29. The SMILES string of the molecule is Cc1cc2nc(C)c(Cc3ccccc3OC(F)F)n2cc1-c1cnc(N2CCC3(C(=O)O)CC3C2)nc1. The number of alkyl halides is 2. The molecule has 1 aromatic carbocycles. The maximum atomic E-state index is 12.9. The second kappa shape index (κ2) is 9.04. The fraction of sp³-hybridized carbons (Fsp3) is 0.357. The fourth-order valence-electron chi connectivity index (χ4n) is 5.70. The van der Waals surface area contributed by atoms with Crippen LogP contribution in [0.25, 0.3) is 16.8 Å². The number of ether oxygens (including phenoxy) is 1. The molecule has 4 heterocycles. The third-order valence-electron chi connectivity index (χ3n) is 7.97. The van der Waals surface area contributed by atoms with Gasteiger partial charge in [0.25, 0.3) is 0 Å². The predicted octanol–water partition coefficient (Wildman–Crippen LogP) is 4.90. The number of anilines is 1. The smallest absolute Gasteiger partial charge is 0.387 e. The van der Waals surface area contributed by atoms with Crippen molar-refractivity contribution in [3.05, 3.63) is 71.4 Å². The molecule has 38 heavy (non-hydrogen) atoms. The number of aliphatic carboxylic acids is 1. The third kappa shape index (κ3) is 4.13. The summed E-state index contributed by atoms with van der Waals surface area (Å²) in [5.41, 5.74) is 5.34. The molecule has 2 unspecified atom stereocenters. The summed E-state index contributed by atoms with van der Waals surface area (Å²) < 4.78 is 32.6. The van der Waals surface area contributed by atoms with Crippen LogP contribution in [0.2, 0.25) is 0 Å². The molecule has 0 radical (unpaired) electrons. The average Bonchev–Trinajstić information content (AvgIpc) is 3.57. The number of imidazole rings is 1. The first-order valence-electron chi connectivity index (χ1n) is 12.6. The number of halogens is 2. The highest BCUT2D eigenvalue weighted by molar-refractivity contribution is 5.79. The number of carboxylic acid groups (broad SMARTS) is 1. The molecule has 2 aliphatic rings. The number of aryl methyl sites for hydroxylation is 2. The van der Waals surface area contributed by atoms with Crippen LogP contribution < -0.4 is 9.64 Å². The van der Waals surface area contributed by atoms with Crippen molar-refractivity contribution >= 4 is 17.6 Å². The summed E-state index contributed by atoms with van der Waals surface area (Å²) in [6.07, 6.45) is 7.28. The number of piperidine rings is 1. The number of nitrogens with zero attached hydrogens (tertiary/aromatic N) is 5. The van der Waals surface area contributed by atoms with E-state index in [1.54, 1.807) is 36.7 Å². The van der Waals surface area contributed by atoms with E-state index in [1.165, 1.54) is 0 Å². The van der Waals surface area contributed by atoms with Crippen molar-refractivity contribution in [3.8, 4) is 16.9 Å². The lowest BCUT2D eigenvalue weighted by atomic mass is 9.96. The van der Waals surface area contributed by atoms with Crippen molar-refractivity contribution < 1.29 is 23.4 Å². The summed E-state index contributed by atoms with van der Waals surface area (Å²) in [7, 11) is 0. The van der Waals surface area contributed by atoms with Gasteiger partial charge in [-0.2, -0.15) is 8.78 Å². The predicted molar refractivity (Wildman–Crippen MR) is 137 cm³/mol. The molecule has 8 nitrogen and oxygen atoms in total. The number of carbonyl (C=O) groups is 1. The molecule has 196 valence electrons. The molecule has 0 bridgehead atoms. The van der Waals surface area contributed by atoms with Gasteiger partial charge in [0.2, 0.25) is 5.95 Å². The Morgan fingerprint density at radius 2 is 2.00 bits per heavy atom. The quantitative estimate of drug-likeness (QED) is 0.371. The number of hydrogen-bond acceptors (Lipinski definition) is 6. The molecular weight excluding hydrogens is 492 g/mol. The zero-order chi connectivity index (χ0) is 26.6. The van der Waals surface area contributed by atoms with Crippen LogP contribution in [-0.2, 0) is 11.2 Å². The number of fused-ring (bicyclic) bond motifs is 2. The minimum atomic E-state index is -2.90. The number of pyridine rings is 1. The molecule has 10 heteroatoms. The van der Waals surface area contributed by atoms with Crippen LogP contribution in [0.5, 0.6) is 5.75 Å². The Balaban J connectivity index is 1.28. The highest BCUT2D eigenvalue weighted by Crippen LogP contribution is 2.58. The van der Waals surface area contributed by atoms with E-state index in [0.717, 1.165) is 40.1 Å². The number of carboxylic acids is 1. The summed E-state index contributed by atoms with van der Waals surface area (Å²) in [6, 6.07) is 8.78. The Kier molecular flexibility index (Phi) is 5.77. The summed E-state index contributed by atoms with van der Waals surface area (Å²) in [5.74, 6) is 0.218. The van der Waals surface area contributed by atoms with E-state index < -0.39 is 18.0 Å². The third-order valence-corrected chi connectivity index (χ3v) is 7.97. The van der Waals surface area contributed by atoms with Gasteiger partial charge in [-0.1, -0.05) is 18.2 Å². The minimum absolute atomic E-state index is 0.151. The van der Waals surface area contributed by atoms with E-state index in [2.05, 4.69) is 14.9 Å². The van der Waals surface area contributed by atoms with Crippen LogP contribution in [0, 0.1) is 25.2 Å². The van der Waals surface area contributed by atoms with E-state index in [4.69, 9.17) is 9.72 Å².